The molecule has 0 fully saturated rings. The maximum atomic E-state index is 11.1. The molecule has 0 saturated carbocycles. The molecule has 0 aliphatic carbocycles. The van der Waals surface area contributed by atoms with Gasteiger partial charge in [0.25, 0.3) is 0 Å². The molecule has 2 rings (SSSR count). The minimum absolute atomic E-state index is 0.130. The zero-order chi connectivity index (χ0) is 13.1. The molecule has 1 aromatic carbocycles. The van der Waals surface area contributed by atoms with Crippen LogP contribution in [-0.4, -0.2) is 22.0 Å². The predicted octanol–water partition coefficient (Wildman–Crippen LogP) is 3.46. The number of thioether (sulfide) groups is 1. The van der Waals surface area contributed by atoms with Crippen LogP contribution in [0.4, 0.5) is 0 Å². The molecule has 0 amide bonds. The summed E-state index contributed by atoms with van der Waals surface area (Å²) in [6, 6.07) is 7.61. The number of carboxylic acid groups (broad SMARTS) is 1. The van der Waals surface area contributed by atoms with Crippen LogP contribution >= 0.6 is 11.8 Å². The van der Waals surface area contributed by atoms with Crippen LogP contribution in [-0.2, 0) is 0 Å². The molecular weight excluding hydrogens is 250 g/mol. The van der Waals surface area contributed by atoms with E-state index in [0.717, 1.165) is 16.2 Å². The minimum atomic E-state index is -1.02. The average Bonchev–Trinajstić information content (AvgIpc) is 2.73. The van der Waals surface area contributed by atoms with Crippen molar-refractivity contribution >= 4 is 17.7 Å². The number of nitrogens with zero attached hydrogens (tertiary/aromatic N) is 1. The third-order valence-corrected chi connectivity index (χ3v) is 3.40. The first-order valence-electron chi connectivity index (χ1n) is 5.56. The van der Waals surface area contributed by atoms with Gasteiger partial charge in [-0.3, -0.25) is 0 Å². The van der Waals surface area contributed by atoms with E-state index in [4.69, 9.17) is 9.63 Å². The second-order valence-electron chi connectivity index (χ2n) is 3.73. The Labute approximate surface area is 109 Å². The fourth-order valence-corrected chi connectivity index (χ4v) is 2.35. The van der Waals surface area contributed by atoms with E-state index in [9.17, 15) is 4.79 Å². The molecule has 0 unspecified atom stereocenters. The highest BCUT2D eigenvalue weighted by atomic mass is 32.2. The average molecular weight is 263 g/mol. The molecule has 94 valence electrons. The Morgan fingerprint density at radius 1 is 1.39 bits per heavy atom. The van der Waals surface area contributed by atoms with Crippen molar-refractivity contribution in [2.75, 3.05) is 5.75 Å². The Morgan fingerprint density at radius 3 is 2.61 bits per heavy atom. The van der Waals surface area contributed by atoms with Crippen molar-refractivity contribution in [2.24, 2.45) is 0 Å². The van der Waals surface area contributed by atoms with E-state index in [0.29, 0.717) is 11.5 Å². The predicted molar refractivity (Wildman–Crippen MR) is 70.0 cm³/mol. The summed E-state index contributed by atoms with van der Waals surface area (Å²) in [6.07, 6.45) is 0. The standard InChI is InChI=1S/C13H13NO3S/c1-3-18-10-6-4-9(5-7-10)12-11(13(15)16)8(2)14-17-12/h4-7H,3H2,1-2H3,(H,15,16). The van der Waals surface area contributed by atoms with Crippen LogP contribution in [0.2, 0.25) is 0 Å². The van der Waals surface area contributed by atoms with Crippen molar-refractivity contribution in [1.29, 1.82) is 0 Å². The number of carbonyl (C=O) groups is 1. The fraction of sp³-hybridized carbons (Fsp3) is 0.231. The molecule has 0 spiro atoms. The first-order chi connectivity index (χ1) is 8.63. The number of aromatic carboxylic acids is 1. The molecule has 1 aromatic heterocycles. The summed E-state index contributed by atoms with van der Waals surface area (Å²) < 4.78 is 5.10. The van der Waals surface area contributed by atoms with Crippen LogP contribution in [0.15, 0.2) is 33.7 Å². The highest BCUT2D eigenvalue weighted by molar-refractivity contribution is 7.99. The molecule has 0 radical (unpaired) electrons. The Balaban J connectivity index is 2.40. The molecular formula is C13H13NO3S. The lowest BCUT2D eigenvalue weighted by Crippen LogP contribution is -1.98. The Kier molecular flexibility index (Phi) is 3.72. The van der Waals surface area contributed by atoms with Gasteiger partial charge in [0.05, 0.1) is 5.69 Å². The number of aryl methyl sites for hydroxylation is 1. The zero-order valence-corrected chi connectivity index (χ0v) is 11.0. The molecule has 0 atom stereocenters. The topological polar surface area (TPSA) is 63.3 Å². The van der Waals surface area contributed by atoms with E-state index < -0.39 is 5.97 Å². The molecule has 4 nitrogen and oxygen atoms in total. The van der Waals surface area contributed by atoms with Crippen LogP contribution in [0.5, 0.6) is 0 Å². The molecule has 1 N–H and O–H groups in total. The highest BCUT2D eigenvalue weighted by Gasteiger charge is 2.20. The van der Waals surface area contributed by atoms with E-state index in [1.807, 2.05) is 24.3 Å². The number of hydrogen-bond donors (Lipinski definition) is 1. The minimum Gasteiger partial charge on any atom is -0.477 e. The summed E-state index contributed by atoms with van der Waals surface area (Å²) >= 11 is 1.73. The fourth-order valence-electron chi connectivity index (χ4n) is 1.69. The van der Waals surface area contributed by atoms with Gasteiger partial charge in [-0.05, 0) is 36.9 Å². The van der Waals surface area contributed by atoms with Gasteiger partial charge in [0, 0.05) is 10.5 Å². The lowest BCUT2D eigenvalue weighted by molar-refractivity contribution is 0.0696. The van der Waals surface area contributed by atoms with Gasteiger partial charge in [-0.25, -0.2) is 4.79 Å². The first kappa shape index (κ1) is 12.7. The molecule has 0 saturated heterocycles. The maximum absolute atomic E-state index is 11.1. The van der Waals surface area contributed by atoms with Gasteiger partial charge < -0.3 is 9.63 Å². The van der Waals surface area contributed by atoms with E-state index in [2.05, 4.69) is 12.1 Å². The van der Waals surface area contributed by atoms with Crippen LogP contribution < -0.4 is 0 Å². The van der Waals surface area contributed by atoms with Crippen LogP contribution in [0.25, 0.3) is 11.3 Å². The van der Waals surface area contributed by atoms with Gasteiger partial charge in [0.15, 0.2) is 5.76 Å². The van der Waals surface area contributed by atoms with Crippen molar-refractivity contribution in [3.8, 4) is 11.3 Å². The van der Waals surface area contributed by atoms with Crippen LogP contribution in [0.3, 0.4) is 0 Å². The SMILES string of the molecule is CCSc1ccc(-c2onc(C)c2C(=O)O)cc1. The van der Waals surface area contributed by atoms with E-state index in [1.54, 1.807) is 18.7 Å². The molecule has 2 aromatic rings. The van der Waals surface area contributed by atoms with Crippen LogP contribution in [0, 0.1) is 6.92 Å². The van der Waals surface area contributed by atoms with Gasteiger partial charge >= 0.3 is 5.97 Å². The second-order valence-corrected chi connectivity index (χ2v) is 5.07. The van der Waals surface area contributed by atoms with Crippen molar-refractivity contribution in [2.45, 2.75) is 18.7 Å². The van der Waals surface area contributed by atoms with Gasteiger partial charge in [0.2, 0.25) is 0 Å². The summed E-state index contributed by atoms with van der Waals surface area (Å²) in [4.78, 5) is 12.3. The van der Waals surface area contributed by atoms with Crippen molar-refractivity contribution in [1.82, 2.24) is 5.16 Å². The Hall–Kier alpha value is -1.75. The third kappa shape index (κ3) is 2.41. The number of hydrogen-bond acceptors (Lipinski definition) is 4. The third-order valence-electron chi connectivity index (χ3n) is 2.50. The lowest BCUT2D eigenvalue weighted by atomic mass is 10.1. The largest absolute Gasteiger partial charge is 0.477 e. The normalized spacial score (nSPS) is 10.6. The molecule has 5 heteroatoms. The van der Waals surface area contributed by atoms with Gasteiger partial charge in [-0.15, -0.1) is 11.8 Å². The van der Waals surface area contributed by atoms with Crippen LogP contribution in [0.1, 0.15) is 23.0 Å². The van der Waals surface area contributed by atoms with E-state index in [1.165, 1.54) is 0 Å². The summed E-state index contributed by atoms with van der Waals surface area (Å²) in [6.45, 7) is 3.71. The van der Waals surface area contributed by atoms with Crippen molar-refractivity contribution < 1.29 is 14.4 Å². The number of aromatic nitrogens is 1. The zero-order valence-electron chi connectivity index (χ0n) is 10.1. The quantitative estimate of drug-likeness (QED) is 0.856. The number of carboxylic acids is 1. The molecule has 0 bridgehead atoms. The first-order valence-corrected chi connectivity index (χ1v) is 6.54. The molecule has 1 heterocycles. The highest BCUT2D eigenvalue weighted by Crippen LogP contribution is 2.28. The van der Waals surface area contributed by atoms with Crippen molar-refractivity contribution in [3.05, 3.63) is 35.5 Å². The molecule has 0 aliphatic rings. The molecule has 0 aliphatic heterocycles. The Morgan fingerprint density at radius 2 is 2.06 bits per heavy atom. The van der Waals surface area contributed by atoms with Gasteiger partial charge in [0.1, 0.15) is 5.56 Å². The summed E-state index contributed by atoms with van der Waals surface area (Å²) in [7, 11) is 0. The Bertz CT molecular complexity index is 560. The number of benzene rings is 1. The van der Waals surface area contributed by atoms with E-state index >= 15 is 0 Å². The smallest absolute Gasteiger partial charge is 0.341 e. The lowest BCUT2D eigenvalue weighted by Gasteiger charge is -2.01. The number of rotatable bonds is 4. The van der Waals surface area contributed by atoms with Crippen molar-refractivity contribution in [3.63, 3.8) is 0 Å². The van der Waals surface area contributed by atoms with Gasteiger partial charge in [-0.1, -0.05) is 12.1 Å². The molecule has 18 heavy (non-hydrogen) atoms. The monoisotopic (exact) mass is 263 g/mol. The summed E-state index contributed by atoms with van der Waals surface area (Å²) in [5.74, 6) is 0.296. The van der Waals surface area contributed by atoms with E-state index in [-0.39, 0.29) is 5.56 Å². The maximum Gasteiger partial charge on any atom is 0.341 e. The summed E-state index contributed by atoms with van der Waals surface area (Å²) in [5.41, 5.74) is 1.25. The van der Waals surface area contributed by atoms with Gasteiger partial charge in [-0.2, -0.15) is 0 Å². The summed E-state index contributed by atoms with van der Waals surface area (Å²) in [5, 5.41) is 12.8. The second kappa shape index (κ2) is 5.27.